The molecule has 0 amide bonds. The van der Waals surface area contributed by atoms with E-state index in [-0.39, 0.29) is 13.2 Å². The van der Waals surface area contributed by atoms with E-state index in [4.69, 9.17) is 9.94 Å². The second kappa shape index (κ2) is 5.24. The monoisotopic (exact) mass is 289 g/mol. The topological polar surface area (TPSA) is 83.9 Å². The summed E-state index contributed by atoms with van der Waals surface area (Å²) in [5.41, 5.74) is -0.476. The van der Waals surface area contributed by atoms with Gasteiger partial charge >= 0.3 is 5.97 Å². The molecule has 6 nitrogen and oxygen atoms in total. The zero-order valence-corrected chi connectivity index (χ0v) is 10.7. The number of carboxylic acids is 1. The summed E-state index contributed by atoms with van der Waals surface area (Å²) in [4.78, 5) is 15.4. The van der Waals surface area contributed by atoms with E-state index < -0.39 is 32.3 Å². The Bertz CT molecular complexity index is 595. The minimum absolute atomic E-state index is 0.123. The predicted octanol–water partition coefficient (Wildman–Crippen LogP) is 1.24. The largest absolute Gasteiger partial charge is 0.478 e. The first-order valence-electron chi connectivity index (χ1n) is 5.61. The molecule has 1 aliphatic rings. The lowest BCUT2D eigenvalue weighted by atomic mass is 10.2. The Balaban J connectivity index is 2.49. The molecule has 0 unspecified atom stereocenters. The van der Waals surface area contributed by atoms with Crippen LogP contribution < -0.4 is 0 Å². The molecule has 0 spiro atoms. The van der Waals surface area contributed by atoms with Gasteiger partial charge in [0.1, 0.15) is 10.7 Å². The van der Waals surface area contributed by atoms with Gasteiger partial charge in [0, 0.05) is 6.54 Å². The molecule has 0 radical (unpaired) electrons. The highest BCUT2D eigenvalue weighted by Gasteiger charge is 2.31. The van der Waals surface area contributed by atoms with Gasteiger partial charge in [0.05, 0.1) is 12.2 Å². The Morgan fingerprint density at radius 2 is 2.11 bits per heavy atom. The van der Waals surface area contributed by atoms with E-state index in [2.05, 4.69) is 0 Å². The third kappa shape index (κ3) is 2.75. The lowest BCUT2D eigenvalue weighted by Gasteiger charge is -2.25. The number of hydroxylamine groups is 1. The Morgan fingerprint density at radius 1 is 1.37 bits per heavy atom. The molecule has 104 valence electrons. The van der Waals surface area contributed by atoms with Crippen molar-refractivity contribution in [3.8, 4) is 0 Å². The van der Waals surface area contributed by atoms with Crippen molar-refractivity contribution in [3.63, 3.8) is 0 Å². The molecule has 0 bridgehead atoms. The highest BCUT2D eigenvalue weighted by molar-refractivity contribution is 7.89. The Kier molecular flexibility index (Phi) is 3.83. The van der Waals surface area contributed by atoms with E-state index in [0.29, 0.717) is 12.5 Å². The van der Waals surface area contributed by atoms with Gasteiger partial charge in [-0.1, -0.05) is 4.47 Å². The van der Waals surface area contributed by atoms with Crippen LogP contribution in [0.25, 0.3) is 0 Å². The standard InChI is InChI=1S/C11H12FNO5S/c12-8-3-4-9(11(14)15)10(7-8)19(16,17)13-5-1-2-6-18-13/h3-4,7H,1-2,5-6H2,(H,14,15). The summed E-state index contributed by atoms with van der Waals surface area (Å²) in [5, 5.41) is 8.97. The number of sulfonamides is 1. The molecule has 1 aromatic carbocycles. The Hall–Kier alpha value is -1.51. The van der Waals surface area contributed by atoms with Crippen LogP contribution in [-0.2, 0) is 14.9 Å². The smallest absolute Gasteiger partial charge is 0.337 e. The third-order valence-electron chi connectivity index (χ3n) is 2.69. The van der Waals surface area contributed by atoms with Gasteiger partial charge in [0.2, 0.25) is 0 Å². The summed E-state index contributed by atoms with van der Waals surface area (Å²) in [5.74, 6) is -2.25. The fourth-order valence-corrected chi connectivity index (χ4v) is 3.26. The Labute approximate surface area is 109 Å². The molecule has 2 rings (SSSR count). The van der Waals surface area contributed by atoms with Crippen LogP contribution in [0.3, 0.4) is 0 Å². The first-order valence-corrected chi connectivity index (χ1v) is 7.05. The minimum Gasteiger partial charge on any atom is -0.478 e. The number of nitrogens with zero attached hydrogens (tertiary/aromatic N) is 1. The van der Waals surface area contributed by atoms with E-state index in [1.54, 1.807) is 0 Å². The van der Waals surface area contributed by atoms with Gasteiger partial charge in [-0.05, 0) is 31.0 Å². The molecule has 8 heteroatoms. The van der Waals surface area contributed by atoms with Crippen molar-refractivity contribution in [2.45, 2.75) is 17.7 Å². The number of rotatable bonds is 3. The maximum atomic E-state index is 13.2. The Morgan fingerprint density at radius 3 is 2.68 bits per heavy atom. The van der Waals surface area contributed by atoms with Crippen molar-refractivity contribution < 1.29 is 27.5 Å². The van der Waals surface area contributed by atoms with E-state index in [0.717, 1.165) is 23.0 Å². The summed E-state index contributed by atoms with van der Waals surface area (Å²) in [6.45, 7) is 0.356. The molecule has 1 fully saturated rings. The van der Waals surface area contributed by atoms with E-state index >= 15 is 0 Å². The maximum Gasteiger partial charge on any atom is 0.337 e. The van der Waals surface area contributed by atoms with E-state index in [9.17, 15) is 17.6 Å². The van der Waals surface area contributed by atoms with Crippen LogP contribution in [0.4, 0.5) is 4.39 Å². The van der Waals surface area contributed by atoms with Gasteiger partial charge in [-0.25, -0.2) is 17.6 Å². The van der Waals surface area contributed by atoms with Crippen molar-refractivity contribution >= 4 is 16.0 Å². The molecule has 1 heterocycles. The number of hydrogen-bond donors (Lipinski definition) is 1. The van der Waals surface area contributed by atoms with Crippen molar-refractivity contribution in [2.24, 2.45) is 0 Å². The summed E-state index contributed by atoms with van der Waals surface area (Å²) >= 11 is 0. The maximum absolute atomic E-state index is 13.2. The number of halogens is 1. The molecule has 1 aliphatic heterocycles. The van der Waals surface area contributed by atoms with Gasteiger partial charge < -0.3 is 5.11 Å². The van der Waals surface area contributed by atoms with Crippen LogP contribution in [0.2, 0.25) is 0 Å². The summed E-state index contributed by atoms with van der Waals surface area (Å²) in [7, 11) is -4.17. The zero-order valence-electron chi connectivity index (χ0n) is 9.87. The first-order chi connectivity index (χ1) is 8.93. The van der Waals surface area contributed by atoms with Gasteiger partial charge in [-0.3, -0.25) is 4.84 Å². The number of carbonyl (C=O) groups is 1. The van der Waals surface area contributed by atoms with E-state index in [1.807, 2.05) is 0 Å². The molecule has 0 atom stereocenters. The molecule has 0 aliphatic carbocycles. The third-order valence-corrected chi connectivity index (χ3v) is 4.41. The van der Waals surface area contributed by atoms with Crippen molar-refractivity contribution in [2.75, 3.05) is 13.2 Å². The molecule has 0 saturated carbocycles. The van der Waals surface area contributed by atoms with Gasteiger partial charge in [0.25, 0.3) is 10.0 Å². The zero-order chi connectivity index (χ0) is 14.0. The second-order valence-electron chi connectivity index (χ2n) is 4.02. The van der Waals surface area contributed by atoms with Crippen LogP contribution in [0.1, 0.15) is 23.2 Å². The van der Waals surface area contributed by atoms with E-state index in [1.165, 1.54) is 0 Å². The second-order valence-corrected chi connectivity index (χ2v) is 5.81. The quantitative estimate of drug-likeness (QED) is 0.905. The molecule has 1 saturated heterocycles. The number of carboxylic acid groups (broad SMARTS) is 1. The average molecular weight is 289 g/mol. The van der Waals surface area contributed by atoms with Crippen molar-refractivity contribution in [1.82, 2.24) is 4.47 Å². The summed E-state index contributed by atoms with van der Waals surface area (Å²) in [6.07, 6.45) is 1.33. The molecule has 0 aromatic heterocycles. The first kappa shape index (κ1) is 13.9. The van der Waals surface area contributed by atoms with Gasteiger partial charge in [-0.2, -0.15) is 0 Å². The molecular formula is C11H12FNO5S. The number of hydrogen-bond acceptors (Lipinski definition) is 4. The summed E-state index contributed by atoms with van der Waals surface area (Å²) in [6, 6.07) is 2.52. The molecule has 1 N–H and O–H groups in total. The minimum atomic E-state index is -4.17. The SMILES string of the molecule is O=C(O)c1ccc(F)cc1S(=O)(=O)N1CCCCO1. The van der Waals surface area contributed by atoms with Crippen LogP contribution in [0.15, 0.2) is 23.1 Å². The highest BCUT2D eigenvalue weighted by Crippen LogP contribution is 2.24. The van der Waals surface area contributed by atoms with Crippen molar-refractivity contribution in [3.05, 3.63) is 29.6 Å². The molecule has 19 heavy (non-hydrogen) atoms. The fraction of sp³-hybridized carbons (Fsp3) is 0.364. The van der Waals surface area contributed by atoms with Crippen molar-refractivity contribution in [1.29, 1.82) is 0 Å². The lowest BCUT2D eigenvalue weighted by Crippen LogP contribution is -2.36. The van der Waals surface area contributed by atoms with Crippen LogP contribution in [-0.4, -0.2) is 37.1 Å². The normalized spacial score (nSPS) is 17.3. The number of benzene rings is 1. The predicted molar refractivity (Wildman–Crippen MR) is 62.4 cm³/mol. The van der Waals surface area contributed by atoms with Gasteiger partial charge in [0.15, 0.2) is 0 Å². The van der Waals surface area contributed by atoms with Gasteiger partial charge in [-0.15, -0.1) is 0 Å². The van der Waals surface area contributed by atoms with Crippen LogP contribution in [0.5, 0.6) is 0 Å². The van der Waals surface area contributed by atoms with Crippen LogP contribution in [0, 0.1) is 5.82 Å². The molecule has 1 aromatic rings. The lowest BCUT2D eigenvalue weighted by molar-refractivity contribution is -0.108. The highest BCUT2D eigenvalue weighted by atomic mass is 32.2. The number of aromatic carboxylic acids is 1. The molecular weight excluding hydrogens is 277 g/mol. The fourth-order valence-electron chi connectivity index (χ4n) is 1.76. The average Bonchev–Trinajstić information content (AvgIpc) is 2.39. The summed E-state index contributed by atoms with van der Waals surface area (Å²) < 4.78 is 38.4. The van der Waals surface area contributed by atoms with Crippen LogP contribution >= 0.6 is 0 Å².